The maximum absolute atomic E-state index is 11.6. The van der Waals surface area contributed by atoms with E-state index in [9.17, 15) is 4.79 Å². The van der Waals surface area contributed by atoms with Crippen molar-refractivity contribution in [2.24, 2.45) is 4.99 Å². The van der Waals surface area contributed by atoms with Gasteiger partial charge in [-0.3, -0.25) is 0 Å². The number of hydrogen-bond donors (Lipinski definition) is 0. The Morgan fingerprint density at radius 1 is 1.44 bits per heavy atom. The maximum Gasteiger partial charge on any atom is 0.357 e. The van der Waals surface area contributed by atoms with E-state index >= 15 is 0 Å². The third kappa shape index (κ3) is 4.13. The van der Waals surface area contributed by atoms with Gasteiger partial charge in [-0.15, -0.1) is 0 Å². The van der Waals surface area contributed by atoms with Crippen molar-refractivity contribution in [3.05, 3.63) is 35.5 Å². The van der Waals surface area contributed by atoms with Crippen LogP contribution in [-0.4, -0.2) is 24.8 Å². The molecule has 1 aromatic carbocycles. The van der Waals surface area contributed by atoms with Gasteiger partial charge in [-0.2, -0.15) is 4.99 Å². The summed E-state index contributed by atoms with van der Waals surface area (Å²) in [7, 11) is 1.59. The molecule has 1 aromatic rings. The minimum Gasteiger partial charge on any atom is -0.497 e. The van der Waals surface area contributed by atoms with Crippen molar-refractivity contribution < 1.29 is 14.3 Å². The van der Waals surface area contributed by atoms with Gasteiger partial charge in [-0.05, 0) is 42.9 Å². The molecule has 0 atom stereocenters. The van der Waals surface area contributed by atoms with Gasteiger partial charge in [0.2, 0.25) is 0 Å². The van der Waals surface area contributed by atoms with Gasteiger partial charge < -0.3 is 9.47 Å². The van der Waals surface area contributed by atoms with Crippen molar-refractivity contribution in [2.45, 2.75) is 6.92 Å². The van der Waals surface area contributed by atoms with Gasteiger partial charge in [0.1, 0.15) is 5.75 Å². The number of benzene rings is 1. The molecule has 0 fully saturated rings. The van der Waals surface area contributed by atoms with Gasteiger partial charge in [0.25, 0.3) is 0 Å². The second-order valence-electron chi connectivity index (χ2n) is 3.23. The predicted molar refractivity (Wildman–Crippen MR) is 72.6 cm³/mol. The van der Waals surface area contributed by atoms with Crippen molar-refractivity contribution in [2.75, 3.05) is 13.7 Å². The first kappa shape index (κ1) is 14.1. The number of carbonyl (C=O) groups is 1. The van der Waals surface area contributed by atoms with Gasteiger partial charge in [-0.25, -0.2) is 4.79 Å². The van der Waals surface area contributed by atoms with Crippen LogP contribution in [0.25, 0.3) is 6.08 Å². The van der Waals surface area contributed by atoms with E-state index < -0.39 is 5.97 Å². The standard InChI is InChI=1S/C13H13NO3S/c1-3-17-13(15)12(14-9-18)8-10-4-6-11(16-2)7-5-10/h4-8H,3H2,1-2H3/b12-8-. The van der Waals surface area contributed by atoms with Crippen LogP contribution in [0.4, 0.5) is 0 Å². The fourth-order valence-electron chi connectivity index (χ4n) is 1.25. The van der Waals surface area contributed by atoms with Crippen LogP contribution in [-0.2, 0) is 9.53 Å². The Kier molecular flexibility index (Phi) is 5.77. The molecule has 5 heteroatoms. The Balaban J connectivity index is 2.99. The molecule has 0 aliphatic heterocycles. The first-order valence-electron chi connectivity index (χ1n) is 5.32. The second kappa shape index (κ2) is 7.37. The van der Waals surface area contributed by atoms with Crippen LogP contribution in [0.5, 0.6) is 5.75 Å². The monoisotopic (exact) mass is 263 g/mol. The summed E-state index contributed by atoms with van der Waals surface area (Å²) < 4.78 is 9.90. The Morgan fingerprint density at radius 3 is 2.61 bits per heavy atom. The van der Waals surface area contributed by atoms with E-state index in [1.54, 1.807) is 44.4 Å². The molecular weight excluding hydrogens is 250 g/mol. The van der Waals surface area contributed by atoms with E-state index in [1.165, 1.54) is 0 Å². The van der Waals surface area contributed by atoms with Crippen molar-refractivity contribution in [3.63, 3.8) is 0 Å². The fourth-order valence-corrected chi connectivity index (χ4v) is 1.35. The minimum atomic E-state index is -0.523. The number of hydrogen-bond acceptors (Lipinski definition) is 5. The quantitative estimate of drug-likeness (QED) is 0.355. The number of nitrogens with zero attached hydrogens (tertiary/aromatic N) is 1. The molecule has 18 heavy (non-hydrogen) atoms. The highest BCUT2D eigenvalue weighted by Crippen LogP contribution is 2.14. The Bertz CT molecular complexity index is 487. The number of esters is 1. The van der Waals surface area contributed by atoms with Crippen molar-refractivity contribution in [1.29, 1.82) is 0 Å². The number of rotatable bonds is 5. The van der Waals surface area contributed by atoms with Crippen molar-refractivity contribution in [3.8, 4) is 5.75 Å². The zero-order chi connectivity index (χ0) is 13.4. The van der Waals surface area contributed by atoms with Crippen molar-refractivity contribution >= 4 is 29.4 Å². The molecule has 0 aromatic heterocycles. The molecule has 94 valence electrons. The molecule has 0 N–H and O–H groups in total. The summed E-state index contributed by atoms with van der Waals surface area (Å²) in [6.07, 6.45) is 1.58. The summed E-state index contributed by atoms with van der Waals surface area (Å²) in [4.78, 5) is 15.3. The first-order chi connectivity index (χ1) is 8.71. The second-order valence-corrected chi connectivity index (χ2v) is 3.41. The smallest absolute Gasteiger partial charge is 0.357 e. The zero-order valence-corrected chi connectivity index (χ0v) is 11.0. The topological polar surface area (TPSA) is 47.9 Å². The lowest BCUT2D eigenvalue weighted by Gasteiger charge is -2.02. The Labute approximate surface area is 111 Å². The molecule has 0 bridgehead atoms. The van der Waals surface area contributed by atoms with Crippen LogP contribution >= 0.6 is 12.2 Å². The SMILES string of the molecule is CCOC(=O)/C(=C/c1ccc(OC)cc1)N=C=S. The van der Waals surface area contributed by atoms with E-state index in [0.29, 0.717) is 0 Å². The molecular formula is C13H13NO3S. The molecule has 0 heterocycles. The number of isothiocyanates is 1. The summed E-state index contributed by atoms with van der Waals surface area (Å²) in [5.74, 6) is 0.217. The lowest BCUT2D eigenvalue weighted by Crippen LogP contribution is -2.05. The average Bonchev–Trinajstić information content (AvgIpc) is 2.39. The molecule has 0 saturated heterocycles. The van der Waals surface area contributed by atoms with Crippen molar-refractivity contribution in [1.82, 2.24) is 0 Å². The Morgan fingerprint density at radius 2 is 2.11 bits per heavy atom. The van der Waals surface area contributed by atoms with Crippen LogP contribution in [0.15, 0.2) is 35.0 Å². The lowest BCUT2D eigenvalue weighted by atomic mass is 10.2. The summed E-state index contributed by atoms with van der Waals surface area (Å²) in [6, 6.07) is 7.18. The first-order valence-corrected chi connectivity index (χ1v) is 5.72. The van der Waals surface area contributed by atoms with E-state index in [1.807, 2.05) is 0 Å². The normalized spacial score (nSPS) is 10.4. The number of aliphatic imine (C=N–C) groups is 1. The highest BCUT2D eigenvalue weighted by atomic mass is 32.1. The Hall–Kier alpha value is -1.97. The average molecular weight is 263 g/mol. The zero-order valence-electron chi connectivity index (χ0n) is 10.2. The van der Waals surface area contributed by atoms with E-state index in [4.69, 9.17) is 9.47 Å². The van der Waals surface area contributed by atoms with Crippen LogP contribution in [0.1, 0.15) is 12.5 Å². The molecule has 0 saturated carbocycles. The fraction of sp³-hybridized carbons (Fsp3) is 0.231. The summed E-state index contributed by atoms with van der Waals surface area (Å²) in [5, 5.41) is 2.16. The van der Waals surface area contributed by atoms with Crippen LogP contribution in [0, 0.1) is 0 Å². The molecule has 0 radical (unpaired) electrons. The molecule has 0 aliphatic carbocycles. The van der Waals surface area contributed by atoms with Gasteiger partial charge in [0, 0.05) is 0 Å². The van der Waals surface area contributed by atoms with Gasteiger partial charge in [0.15, 0.2) is 5.70 Å². The van der Waals surface area contributed by atoms with E-state index in [-0.39, 0.29) is 12.3 Å². The highest BCUT2D eigenvalue weighted by molar-refractivity contribution is 7.78. The molecule has 4 nitrogen and oxygen atoms in total. The third-order valence-electron chi connectivity index (χ3n) is 2.07. The van der Waals surface area contributed by atoms with Crippen LogP contribution in [0.2, 0.25) is 0 Å². The van der Waals surface area contributed by atoms with Gasteiger partial charge >= 0.3 is 5.97 Å². The van der Waals surface area contributed by atoms with Gasteiger partial charge in [0.05, 0.1) is 18.9 Å². The number of thiocarbonyl (C=S) groups is 1. The van der Waals surface area contributed by atoms with E-state index in [2.05, 4.69) is 22.4 Å². The van der Waals surface area contributed by atoms with Crippen LogP contribution in [0.3, 0.4) is 0 Å². The third-order valence-corrected chi connectivity index (χ3v) is 2.16. The molecule has 0 amide bonds. The lowest BCUT2D eigenvalue weighted by molar-refractivity contribution is -0.138. The number of carbonyl (C=O) groups excluding carboxylic acids is 1. The van der Waals surface area contributed by atoms with Crippen LogP contribution < -0.4 is 4.74 Å². The molecule has 1 rings (SSSR count). The largest absolute Gasteiger partial charge is 0.497 e. The molecule has 0 spiro atoms. The number of methoxy groups -OCH3 is 1. The highest BCUT2D eigenvalue weighted by Gasteiger charge is 2.09. The molecule has 0 aliphatic rings. The predicted octanol–water partition coefficient (Wildman–Crippen LogP) is 2.70. The van der Waals surface area contributed by atoms with Gasteiger partial charge in [-0.1, -0.05) is 12.1 Å². The minimum absolute atomic E-state index is 0.122. The summed E-state index contributed by atoms with van der Waals surface area (Å²) in [5.41, 5.74) is 0.921. The molecule has 0 unspecified atom stereocenters. The summed E-state index contributed by atoms with van der Waals surface area (Å²) >= 11 is 4.50. The number of ether oxygens (including phenoxy) is 2. The summed E-state index contributed by atoms with van der Waals surface area (Å²) in [6.45, 7) is 2.01. The maximum atomic E-state index is 11.6. The van der Waals surface area contributed by atoms with E-state index in [0.717, 1.165) is 11.3 Å².